The third kappa shape index (κ3) is 4.42. The molecule has 0 unspecified atom stereocenters. The second kappa shape index (κ2) is 7.93. The van der Waals surface area contributed by atoms with E-state index in [4.69, 9.17) is 11.6 Å². The zero-order valence-corrected chi connectivity index (χ0v) is 14.2. The van der Waals surface area contributed by atoms with Gasteiger partial charge in [0.1, 0.15) is 0 Å². The molecule has 23 heavy (non-hydrogen) atoms. The van der Waals surface area contributed by atoms with Crippen LogP contribution in [0.25, 0.3) is 6.08 Å². The second-order valence-electron chi connectivity index (χ2n) is 5.40. The fourth-order valence-electron chi connectivity index (χ4n) is 2.60. The van der Waals surface area contributed by atoms with Crippen LogP contribution >= 0.6 is 11.6 Å². The van der Waals surface area contributed by atoms with Crippen LogP contribution in [0.15, 0.2) is 54.9 Å². The molecule has 1 N–H and O–H groups in total. The van der Waals surface area contributed by atoms with Gasteiger partial charge < -0.3 is 5.32 Å². The fraction of sp³-hybridized carbons (Fsp3) is 0.263. The van der Waals surface area contributed by atoms with Crippen LogP contribution < -0.4 is 5.32 Å². The predicted octanol–water partition coefficient (Wildman–Crippen LogP) is 4.58. The number of hydrogen-bond acceptors (Lipinski definition) is 2. The number of pyridine rings is 1. The first-order valence-electron chi connectivity index (χ1n) is 7.76. The van der Waals surface area contributed by atoms with Crippen molar-refractivity contribution in [2.45, 2.75) is 32.2 Å². The van der Waals surface area contributed by atoms with Gasteiger partial charge in [-0.1, -0.05) is 37.6 Å². The molecule has 1 aromatic carbocycles. The average molecular weight is 329 g/mol. The van der Waals surface area contributed by atoms with E-state index in [0.717, 1.165) is 24.0 Å². The summed E-state index contributed by atoms with van der Waals surface area (Å²) < 4.78 is 0. The van der Waals surface area contributed by atoms with E-state index in [-0.39, 0.29) is 11.4 Å². The molecule has 0 aliphatic heterocycles. The standard InChI is InChI=1S/C19H21ClN2O/c1-3-19(4-2,16-6-8-17(20)9-7-16)22-18(23)10-5-15-11-13-21-14-12-15/h5-14H,3-4H2,1-2H3,(H,22,23)/b10-5+. The largest absolute Gasteiger partial charge is 0.343 e. The maximum absolute atomic E-state index is 12.4. The van der Waals surface area contributed by atoms with Gasteiger partial charge in [0.05, 0.1) is 5.54 Å². The zero-order chi connectivity index (χ0) is 16.7. The van der Waals surface area contributed by atoms with Gasteiger partial charge in [-0.2, -0.15) is 0 Å². The van der Waals surface area contributed by atoms with E-state index in [1.54, 1.807) is 24.5 Å². The van der Waals surface area contributed by atoms with E-state index in [1.807, 2.05) is 36.4 Å². The van der Waals surface area contributed by atoms with Crippen molar-refractivity contribution in [1.29, 1.82) is 0 Å². The van der Waals surface area contributed by atoms with E-state index in [9.17, 15) is 4.79 Å². The monoisotopic (exact) mass is 328 g/mol. The molecule has 0 spiro atoms. The van der Waals surface area contributed by atoms with Crippen molar-refractivity contribution in [3.8, 4) is 0 Å². The summed E-state index contributed by atoms with van der Waals surface area (Å²) >= 11 is 5.97. The molecule has 0 aliphatic carbocycles. The van der Waals surface area contributed by atoms with E-state index >= 15 is 0 Å². The molecule has 1 heterocycles. The van der Waals surface area contributed by atoms with Gasteiger partial charge in [-0.15, -0.1) is 0 Å². The Morgan fingerprint density at radius 2 is 1.74 bits per heavy atom. The van der Waals surface area contributed by atoms with Crippen LogP contribution in [0.3, 0.4) is 0 Å². The summed E-state index contributed by atoms with van der Waals surface area (Å²) in [5.74, 6) is -0.111. The van der Waals surface area contributed by atoms with Gasteiger partial charge in [0, 0.05) is 23.5 Å². The molecule has 2 aromatic rings. The molecule has 0 aliphatic rings. The Labute approximate surface area is 142 Å². The van der Waals surface area contributed by atoms with Gasteiger partial charge in [0.2, 0.25) is 5.91 Å². The Balaban J connectivity index is 2.17. The number of halogens is 1. The van der Waals surface area contributed by atoms with Crippen LogP contribution in [0.4, 0.5) is 0 Å². The predicted molar refractivity (Wildman–Crippen MR) is 95.1 cm³/mol. The Kier molecular flexibility index (Phi) is 5.94. The van der Waals surface area contributed by atoms with Crippen LogP contribution in [-0.2, 0) is 10.3 Å². The van der Waals surface area contributed by atoms with Crippen molar-refractivity contribution in [2.24, 2.45) is 0 Å². The van der Waals surface area contributed by atoms with Gasteiger partial charge in [0.15, 0.2) is 0 Å². The van der Waals surface area contributed by atoms with Gasteiger partial charge in [-0.3, -0.25) is 9.78 Å². The van der Waals surface area contributed by atoms with Gasteiger partial charge in [0.25, 0.3) is 0 Å². The summed E-state index contributed by atoms with van der Waals surface area (Å²) in [5, 5.41) is 3.84. The maximum atomic E-state index is 12.4. The molecule has 0 bridgehead atoms. The fourth-order valence-corrected chi connectivity index (χ4v) is 2.73. The zero-order valence-electron chi connectivity index (χ0n) is 13.4. The van der Waals surface area contributed by atoms with Crippen molar-refractivity contribution in [3.63, 3.8) is 0 Å². The van der Waals surface area contributed by atoms with Crippen molar-refractivity contribution < 1.29 is 4.79 Å². The molecule has 2 rings (SSSR count). The molecular weight excluding hydrogens is 308 g/mol. The SMILES string of the molecule is CCC(CC)(NC(=O)/C=C/c1ccncc1)c1ccc(Cl)cc1. The molecule has 120 valence electrons. The van der Waals surface area contributed by atoms with E-state index in [0.29, 0.717) is 5.02 Å². The lowest BCUT2D eigenvalue weighted by atomic mass is 9.84. The molecule has 0 fully saturated rings. The quantitative estimate of drug-likeness (QED) is 0.789. The lowest BCUT2D eigenvalue weighted by Crippen LogP contribution is -2.44. The number of aromatic nitrogens is 1. The molecule has 0 radical (unpaired) electrons. The Bertz CT molecular complexity index is 662. The van der Waals surface area contributed by atoms with Gasteiger partial charge in [-0.05, 0) is 54.3 Å². The maximum Gasteiger partial charge on any atom is 0.244 e. The number of rotatable bonds is 6. The Morgan fingerprint density at radius 3 is 2.30 bits per heavy atom. The molecule has 1 amide bonds. The van der Waals surface area contributed by atoms with E-state index in [2.05, 4.69) is 24.1 Å². The minimum atomic E-state index is -0.385. The lowest BCUT2D eigenvalue weighted by molar-refractivity contribution is -0.118. The van der Waals surface area contributed by atoms with Crippen molar-refractivity contribution >= 4 is 23.6 Å². The van der Waals surface area contributed by atoms with Crippen molar-refractivity contribution in [1.82, 2.24) is 10.3 Å². The molecular formula is C19H21ClN2O. The van der Waals surface area contributed by atoms with Crippen LogP contribution in [0.5, 0.6) is 0 Å². The average Bonchev–Trinajstić information content (AvgIpc) is 2.60. The van der Waals surface area contributed by atoms with Crippen LogP contribution in [-0.4, -0.2) is 10.9 Å². The number of nitrogens with one attached hydrogen (secondary N) is 1. The summed E-state index contributed by atoms with van der Waals surface area (Å²) in [6, 6.07) is 11.4. The van der Waals surface area contributed by atoms with Crippen LogP contribution in [0.1, 0.15) is 37.8 Å². The molecule has 4 heteroatoms. The third-order valence-electron chi connectivity index (χ3n) is 4.10. The van der Waals surface area contributed by atoms with Gasteiger partial charge in [-0.25, -0.2) is 0 Å². The van der Waals surface area contributed by atoms with Crippen molar-refractivity contribution in [2.75, 3.05) is 0 Å². The van der Waals surface area contributed by atoms with E-state index in [1.165, 1.54) is 0 Å². The summed E-state index contributed by atoms with van der Waals surface area (Å²) in [7, 11) is 0. The Morgan fingerprint density at radius 1 is 1.13 bits per heavy atom. The topological polar surface area (TPSA) is 42.0 Å². The van der Waals surface area contributed by atoms with Crippen molar-refractivity contribution in [3.05, 3.63) is 71.0 Å². The number of carbonyl (C=O) groups is 1. The number of amides is 1. The number of hydrogen-bond donors (Lipinski definition) is 1. The smallest absolute Gasteiger partial charge is 0.244 e. The van der Waals surface area contributed by atoms with Crippen LogP contribution in [0, 0.1) is 0 Å². The number of carbonyl (C=O) groups excluding carboxylic acids is 1. The first-order chi connectivity index (χ1) is 11.1. The molecule has 0 saturated heterocycles. The Hall–Kier alpha value is -2.13. The summed E-state index contributed by atoms with van der Waals surface area (Å²) in [6.45, 7) is 4.15. The highest BCUT2D eigenvalue weighted by Crippen LogP contribution is 2.29. The first-order valence-corrected chi connectivity index (χ1v) is 8.13. The number of benzene rings is 1. The highest BCUT2D eigenvalue weighted by Gasteiger charge is 2.29. The van der Waals surface area contributed by atoms with E-state index < -0.39 is 0 Å². The molecule has 0 atom stereocenters. The molecule has 1 aromatic heterocycles. The van der Waals surface area contributed by atoms with Gasteiger partial charge >= 0.3 is 0 Å². The molecule has 3 nitrogen and oxygen atoms in total. The second-order valence-corrected chi connectivity index (χ2v) is 5.84. The molecule has 0 saturated carbocycles. The van der Waals surface area contributed by atoms with Crippen LogP contribution in [0.2, 0.25) is 5.02 Å². The summed E-state index contributed by atoms with van der Waals surface area (Å²) in [4.78, 5) is 16.3. The summed E-state index contributed by atoms with van der Waals surface area (Å²) in [6.07, 6.45) is 8.36. The third-order valence-corrected chi connectivity index (χ3v) is 4.35. The first kappa shape index (κ1) is 17.2. The lowest BCUT2D eigenvalue weighted by Gasteiger charge is -2.33. The highest BCUT2D eigenvalue weighted by atomic mass is 35.5. The number of nitrogens with zero attached hydrogens (tertiary/aromatic N) is 1. The minimum absolute atomic E-state index is 0.111. The highest BCUT2D eigenvalue weighted by molar-refractivity contribution is 6.30. The normalized spacial score (nSPS) is 11.6. The summed E-state index contributed by atoms with van der Waals surface area (Å²) in [5.41, 5.74) is 1.63. The minimum Gasteiger partial charge on any atom is -0.343 e.